The van der Waals surface area contributed by atoms with Gasteiger partial charge in [-0.3, -0.25) is 0 Å². The van der Waals surface area contributed by atoms with Crippen LogP contribution in [-0.4, -0.2) is 0 Å². The minimum Gasteiger partial charge on any atom is -0.453 e. The number of anilines is 3. The smallest absolute Gasteiger partial charge is 0.159 e. The van der Waals surface area contributed by atoms with Crippen molar-refractivity contribution in [3.05, 3.63) is 186 Å². The third kappa shape index (κ3) is 4.52. The van der Waals surface area contributed by atoms with Crippen molar-refractivity contribution in [1.29, 1.82) is 0 Å². The Labute approximate surface area is 358 Å². The second kappa shape index (κ2) is 11.7. The summed E-state index contributed by atoms with van der Waals surface area (Å²) in [6.07, 6.45) is 0. The van der Waals surface area contributed by atoms with Crippen LogP contribution in [0.1, 0.15) is 83.9 Å². The molecule has 2 heteroatoms. The first-order chi connectivity index (χ1) is 40.7. The van der Waals surface area contributed by atoms with Gasteiger partial charge in [-0.05, 0) is 85.3 Å². The predicted molar refractivity (Wildman–Crippen MR) is 227 cm³/mol. The van der Waals surface area contributed by atoms with Crippen LogP contribution in [0.15, 0.2) is 169 Å². The molecule has 10 rings (SSSR count). The molecule has 0 aliphatic heterocycles. The van der Waals surface area contributed by atoms with Crippen molar-refractivity contribution in [2.24, 2.45) is 0 Å². The Kier molecular flexibility index (Phi) is 2.58. The molecule has 0 bridgehead atoms. The molecule has 1 aliphatic rings. The van der Waals surface area contributed by atoms with E-state index in [4.69, 9.17) is 37.3 Å². The lowest BCUT2D eigenvalue weighted by Crippen LogP contribution is -2.16. The van der Waals surface area contributed by atoms with Gasteiger partial charge in [-0.2, -0.15) is 0 Å². The van der Waals surface area contributed by atoms with Crippen LogP contribution < -0.4 is 4.90 Å². The highest BCUT2D eigenvalue weighted by molar-refractivity contribution is 6.18. The van der Waals surface area contributed by atoms with E-state index in [1.165, 1.54) is 0 Å². The summed E-state index contributed by atoms with van der Waals surface area (Å²) in [4.78, 5) is 0.295. The topological polar surface area (TPSA) is 16.4 Å². The first kappa shape index (κ1) is 11.7. The molecule has 53 heavy (non-hydrogen) atoms. The Morgan fingerprint density at radius 2 is 1.30 bits per heavy atom. The van der Waals surface area contributed by atoms with Crippen molar-refractivity contribution in [3.8, 4) is 22.3 Å². The van der Waals surface area contributed by atoms with E-state index in [-0.39, 0.29) is 0 Å². The zero-order valence-electron chi connectivity index (χ0n) is 61.5. The highest BCUT2D eigenvalue weighted by Crippen LogP contribution is 2.52. The molecular weight excluding hydrogens is 643 g/mol. The van der Waals surface area contributed by atoms with Crippen molar-refractivity contribution in [2.75, 3.05) is 4.90 Å². The van der Waals surface area contributed by atoms with Gasteiger partial charge in [-0.25, -0.2) is 0 Å². The van der Waals surface area contributed by atoms with Crippen LogP contribution in [0.25, 0.3) is 77.8 Å². The van der Waals surface area contributed by atoms with Gasteiger partial charge in [0.15, 0.2) is 5.58 Å². The van der Waals surface area contributed by atoms with Gasteiger partial charge in [0.2, 0.25) is 0 Å². The van der Waals surface area contributed by atoms with Crippen LogP contribution in [0.3, 0.4) is 0 Å². The molecule has 0 amide bonds. The fourth-order valence-electron chi connectivity index (χ4n) is 6.49. The zero-order chi connectivity index (χ0) is 65.8. The molecule has 0 saturated heterocycles. The first-order valence-corrected chi connectivity index (χ1v) is 15.4. The number of hydrogen-bond donors (Lipinski definition) is 0. The molecule has 1 heterocycles. The number of furan rings is 1. The summed E-state index contributed by atoms with van der Waals surface area (Å²) in [5.41, 5.74) is -17.7. The first-order valence-electron chi connectivity index (χ1n) is 33.1. The standard InChI is InChI=1S/C51H37NO/c1-5-35-36(6-2)49-44(31-43(35)32-17-8-7-9-18-32)42-24-16-26-47(50(42)53-49)52(48-29-33-19-10-11-20-37(33)38-21-12-13-23-41(38)48)34-27-28-40-39-22-14-15-25-45(39)51(3,4)46(40)30-34/h5-31H,1-2H2,3-4H3/i1D,2D,3D3,4D3,5D,6D,7D,8D,9D,10D,11D,12D,13D,14D,15D,16D,17D,18D,19D,20D,21D,22D,23D,24D,25D,26D,27D,28D,29D,30D,31D. The molecule has 0 spiro atoms. The molecule has 2 nitrogen and oxygen atoms in total. The lowest BCUT2D eigenvalue weighted by molar-refractivity contribution is 0.660. The number of nitrogens with zero attached hydrogens (tertiary/aromatic N) is 1. The van der Waals surface area contributed by atoms with Crippen molar-refractivity contribution in [3.63, 3.8) is 0 Å². The van der Waals surface area contributed by atoms with Crippen molar-refractivity contribution >= 4 is 72.6 Å². The predicted octanol–water partition coefficient (Wildman–Crippen LogP) is 14.6. The van der Waals surface area contributed by atoms with E-state index >= 15 is 0 Å². The maximum Gasteiger partial charge on any atom is 0.159 e. The van der Waals surface area contributed by atoms with Gasteiger partial charge in [-0.15, -0.1) is 0 Å². The number of fused-ring (bicyclic) bond motifs is 9. The zero-order valence-corrected chi connectivity index (χ0v) is 26.5. The SMILES string of the molecule is [2H]C=C([2H])c1c(-c2c([2H])c([2H])c([2H])c([2H])c2[2H])c([2H])c2c(oc3c(N(c4c([2H])c([2H])c5c(c4[2H])C(C([2H])([2H])[2H])(C([2H])([2H])[2H])c4c([2H])c([2H])c([2H])c([2H])c4-5)c4c([2H])c5c([2H])c([2H])c([2H])c([2H])c5c5c([2H])c([2H])c([2H])c([2H])c45)c([2H])c([2H])c([2H])c32)c1C([2H])=C[2H]. The van der Waals surface area contributed by atoms with Crippen molar-refractivity contribution < 1.29 is 52.4 Å². The van der Waals surface area contributed by atoms with Crippen LogP contribution in [-0.2, 0) is 5.41 Å². The summed E-state index contributed by atoms with van der Waals surface area (Å²) in [5, 5.41) is -5.29. The van der Waals surface area contributed by atoms with Crippen LogP contribution in [0, 0.1) is 0 Å². The molecule has 0 N–H and O–H groups in total. The molecule has 252 valence electrons. The highest BCUT2D eigenvalue weighted by atomic mass is 16.3. The van der Waals surface area contributed by atoms with Crippen LogP contribution >= 0.6 is 0 Å². The Balaban J connectivity index is 1.60. The second-order valence-corrected chi connectivity index (χ2v) is 11.6. The van der Waals surface area contributed by atoms with Crippen LogP contribution in [0.2, 0.25) is 0 Å². The van der Waals surface area contributed by atoms with Gasteiger partial charge in [-0.1, -0.05) is 160 Å². The Morgan fingerprint density at radius 3 is 2.15 bits per heavy atom. The van der Waals surface area contributed by atoms with Gasteiger partial charge in [0, 0.05) is 41.0 Å². The molecular formula is C51H37NO. The average molecular weight is 715 g/mol. The van der Waals surface area contributed by atoms with Crippen molar-refractivity contribution in [2.45, 2.75) is 19.1 Å². The van der Waals surface area contributed by atoms with E-state index in [0.717, 1.165) is 0 Å². The second-order valence-electron chi connectivity index (χ2n) is 11.6. The van der Waals surface area contributed by atoms with E-state index < -0.39 is 287 Å². The monoisotopic (exact) mass is 715 g/mol. The van der Waals surface area contributed by atoms with E-state index in [9.17, 15) is 15.1 Å². The molecule has 0 atom stereocenters. The summed E-state index contributed by atoms with van der Waals surface area (Å²) in [6.45, 7) is -7.50. The van der Waals surface area contributed by atoms with Crippen LogP contribution in [0.5, 0.6) is 0 Å². The molecule has 8 aromatic carbocycles. The number of rotatable bonds is 6. The van der Waals surface area contributed by atoms with E-state index in [2.05, 4.69) is 0 Å². The van der Waals surface area contributed by atoms with Crippen molar-refractivity contribution in [1.82, 2.24) is 0 Å². The molecule has 0 saturated carbocycles. The Hall–Kier alpha value is -6.64. The summed E-state index contributed by atoms with van der Waals surface area (Å²) in [5.74, 6) is 0. The molecule has 0 unspecified atom stereocenters. The van der Waals surface area contributed by atoms with Crippen LogP contribution in [0.4, 0.5) is 17.1 Å². The van der Waals surface area contributed by atoms with E-state index in [1.807, 2.05) is 0 Å². The minimum atomic E-state index is -4.09. The lowest BCUT2D eigenvalue weighted by Gasteiger charge is -2.29. The number of para-hydroxylation sites is 1. The lowest BCUT2D eigenvalue weighted by atomic mass is 9.82. The molecule has 1 aromatic heterocycles. The summed E-state index contributed by atoms with van der Waals surface area (Å²) in [7, 11) is 0. The quantitative estimate of drug-likeness (QED) is 0.159. The fourth-order valence-corrected chi connectivity index (χ4v) is 6.49. The largest absolute Gasteiger partial charge is 0.453 e. The highest BCUT2D eigenvalue weighted by Gasteiger charge is 2.36. The van der Waals surface area contributed by atoms with Gasteiger partial charge in [0.05, 0.1) is 51.1 Å². The average Bonchev–Trinajstić information content (AvgIpc) is 1.47. The number of hydrogen-bond acceptors (Lipinski definition) is 2. The van der Waals surface area contributed by atoms with Gasteiger partial charge >= 0.3 is 0 Å². The van der Waals surface area contributed by atoms with E-state index in [1.54, 1.807) is 0 Å². The third-order valence-electron chi connectivity index (χ3n) is 8.77. The maximum atomic E-state index is 10.3. The number of benzene rings is 8. The summed E-state index contributed by atoms with van der Waals surface area (Å²) in [6, 6.07) is -31.0. The summed E-state index contributed by atoms with van der Waals surface area (Å²) < 4.78 is 326. The van der Waals surface area contributed by atoms with E-state index in [0.29, 0.717) is 18.0 Å². The normalized spacial score (nSPS) is 23.7. The third-order valence-corrected chi connectivity index (χ3v) is 8.77. The van der Waals surface area contributed by atoms with Gasteiger partial charge < -0.3 is 9.32 Å². The van der Waals surface area contributed by atoms with Gasteiger partial charge in [0.1, 0.15) is 5.58 Å². The van der Waals surface area contributed by atoms with Gasteiger partial charge in [0.25, 0.3) is 0 Å². The molecule has 1 aliphatic carbocycles. The molecule has 0 radical (unpaired) electrons. The Morgan fingerprint density at radius 1 is 0.585 bits per heavy atom. The molecule has 9 aromatic rings. The Bertz CT molecular complexity index is 4770. The fraction of sp³-hybridized carbons (Fsp3) is 0.0588. The molecule has 0 fully saturated rings. The maximum absolute atomic E-state index is 10.3. The summed E-state index contributed by atoms with van der Waals surface area (Å²) >= 11 is 0. The minimum absolute atomic E-state index is 0.295.